The summed E-state index contributed by atoms with van der Waals surface area (Å²) in [5.74, 6) is -1.03. The summed E-state index contributed by atoms with van der Waals surface area (Å²) in [6.07, 6.45) is 79.4. The summed E-state index contributed by atoms with van der Waals surface area (Å²) in [5, 5.41) is 0. The maximum atomic E-state index is 12.9. The van der Waals surface area contributed by atoms with Gasteiger partial charge in [0.1, 0.15) is 13.2 Å². The van der Waals surface area contributed by atoms with Gasteiger partial charge in [0.25, 0.3) is 0 Å². The lowest BCUT2D eigenvalue weighted by atomic mass is 10.0. The Hall–Kier alpha value is -3.15. The van der Waals surface area contributed by atoms with Crippen molar-refractivity contribution in [3.63, 3.8) is 0 Å². The number of ether oxygens (including phenoxy) is 3. The van der Waals surface area contributed by atoms with Crippen molar-refractivity contribution in [2.45, 2.75) is 322 Å². The summed E-state index contributed by atoms with van der Waals surface area (Å²) in [6, 6.07) is 0. The molecule has 73 heavy (non-hydrogen) atoms. The van der Waals surface area contributed by atoms with Gasteiger partial charge in [-0.3, -0.25) is 14.4 Å². The van der Waals surface area contributed by atoms with E-state index in [0.717, 1.165) is 83.5 Å². The van der Waals surface area contributed by atoms with Gasteiger partial charge in [-0.1, -0.05) is 299 Å². The van der Waals surface area contributed by atoms with Crippen LogP contribution in [0.5, 0.6) is 0 Å². The SMILES string of the molecule is CC/C=C\C/C=C\C/C=C\C/C=C\C/C=C\CC(=O)OCC(COC(=O)CCCCCCCCCCCCCCCCCCCCCCCCCC)OC(=O)CCCCCCC/C=C\CCCCCCCCC. The van der Waals surface area contributed by atoms with E-state index in [1.807, 2.05) is 6.08 Å². The minimum Gasteiger partial charge on any atom is -0.462 e. The summed E-state index contributed by atoms with van der Waals surface area (Å²) >= 11 is 0. The van der Waals surface area contributed by atoms with E-state index in [4.69, 9.17) is 14.2 Å². The smallest absolute Gasteiger partial charge is 0.309 e. The molecule has 0 aliphatic carbocycles. The van der Waals surface area contributed by atoms with Crippen LogP contribution in [0.3, 0.4) is 0 Å². The Morgan fingerprint density at radius 2 is 0.589 bits per heavy atom. The van der Waals surface area contributed by atoms with Crippen molar-refractivity contribution in [3.8, 4) is 0 Å². The molecular weight excluding hydrogens is 901 g/mol. The van der Waals surface area contributed by atoms with Crippen LogP contribution in [0.4, 0.5) is 0 Å². The van der Waals surface area contributed by atoms with E-state index in [9.17, 15) is 14.4 Å². The highest BCUT2D eigenvalue weighted by molar-refractivity contribution is 5.72. The van der Waals surface area contributed by atoms with Crippen LogP contribution in [0.2, 0.25) is 0 Å². The summed E-state index contributed by atoms with van der Waals surface area (Å²) in [5.41, 5.74) is 0. The van der Waals surface area contributed by atoms with Crippen LogP contribution >= 0.6 is 0 Å². The lowest BCUT2D eigenvalue weighted by Gasteiger charge is -2.18. The predicted octanol–water partition coefficient (Wildman–Crippen LogP) is 21.3. The van der Waals surface area contributed by atoms with Gasteiger partial charge in [-0.15, -0.1) is 0 Å². The molecule has 0 saturated carbocycles. The number of carbonyl (C=O) groups excluding carboxylic acids is 3. The average molecular weight is 1020 g/mol. The molecule has 0 heterocycles. The molecule has 0 fully saturated rings. The minimum atomic E-state index is -0.819. The zero-order chi connectivity index (χ0) is 52.9. The molecule has 1 atom stereocenters. The number of hydrogen-bond acceptors (Lipinski definition) is 6. The van der Waals surface area contributed by atoms with Gasteiger partial charge in [-0.2, -0.15) is 0 Å². The van der Waals surface area contributed by atoms with Crippen molar-refractivity contribution in [2.24, 2.45) is 0 Å². The molecule has 0 aliphatic rings. The van der Waals surface area contributed by atoms with Crippen LogP contribution in [-0.4, -0.2) is 37.2 Å². The highest BCUT2D eigenvalue weighted by Gasteiger charge is 2.19. The van der Waals surface area contributed by atoms with Crippen LogP contribution in [-0.2, 0) is 28.6 Å². The number of unbranched alkanes of at least 4 members (excludes halogenated alkanes) is 35. The van der Waals surface area contributed by atoms with Gasteiger partial charge in [0.15, 0.2) is 6.10 Å². The predicted molar refractivity (Wildman–Crippen MR) is 316 cm³/mol. The van der Waals surface area contributed by atoms with E-state index in [1.165, 1.54) is 193 Å². The van der Waals surface area contributed by atoms with Gasteiger partial charge >= 0.3 is 17.9 Å². The number of rotatable bonds is 57. The molecule has 422 valence electrons. The molecule has 0 saturated heterocycles. The minimum absolute atomic E-state index is 0.106. The normalized spacial score (nSPS) is 12.5. The van der Waals surface area contributed by atoms with Gasteiger partial charge in [-0.25, -0.2) is 0 Å². The Balaban J connectivity index is 4.36. The third-order valence-electron chi connectivity index (χ3n) is 13.7. The van der Waals surface area contributed by atoms with Gasteiger partial charge in [0.2, 0.25) is 0 Å². The topological polar surface area (TPSA) is 78.9 Å². The first-order valence-corrected chi connectivity index (χ1v) is 31.4. The first kappa shape index (κ1) is 69.8. The van der Waals surface area contributed by atoms with Crippen LogP contribution in [0.15, 0.2) is 72.9 Å². The molecule has 0 amide bonds. The second-order valence-electron chi connectivity index (χ2n) is 21.0. The fraction of sp³-hybridized carbons (Fsp3) is 0.776. The molecule has 0 aromatic carbocycles. The monoisotopic (exact) mass is 1020 g/mol. The fourth-order valence-electron chi connectivity index (χ4n) is 9.04. The average Bonchev–Trinajstić information content (AvgIpc) is 3.39. The molecule has 0 spiro atoms. The molecular formula is C67H118O6. The molecule has 6 nitrogen and oxygen atoms in total. The highest BCUT2D eigenvalue weighted by Crippen LogP contribution is 2.17. The second kappa shape index (κ2) is 61.4. The van der Waals surface area contributed by atoms with Crippen LogP contribution in [0.25, 0.3) is 0 Å². The molecule has 0 bridgehead atoms. The first-order valence-electron chi connectivity index (χ1n) is 31.4. The molecule has 1 unspecified atom stereocenters. The molecule has 0 N–H and O–H groups in total. The summed E-state index contributed by atoms with van der Waals surface area (Å²) in [7, 11) is 0. The van der Waals surface area contributed by atoms with Gasteiger partial charge < -0.3 is 14.2 Å². The van der Waals surface area contributed by atoms with E-state index < -0.39 is 12.1 Å². The number of hydrogen-bond donors (Lipinski definition) is 0. The van der Waals surface area contributed by atoms with Crippen molar-refractivity contribution < 1.29 is 28.6 Å². The molecule has 6 heteroatoms. The lowest BCUT2D eigenvalue weighted by molar-refractivity contribution is -0.166. The molecule has 0 aromatic heterocycles. The molecule has 0 rings (SSSR count). The van der Waals surface area contributed by atoms with E-state index >= 15 is 0 Å². The highest BCUT2D eigenvalue weighted by atomic mass is 16.6. The standard InChI is InChI=1S/C67H118O6/c1-4-7-10-13-16-19-22-25-28-30-31-32-33-34-35-36-37-40-42-45-48-51-54-57-60-66(69)72-63-64(62-71-65(68)59-56-53-50-47-44-41-38-27-24-21-18-15-12-9-6-3)73-67(70)61-58-55-52-49-46-43-39-29-26-23-20-17-14-11-8-5-2/h9,12,18,21,27,29,38-39,44,47,53,56,64H,4-8,10-11,13-17,19-20,22-26,28,30-37,40-43,45-46,48-52,54-55,57-63H2,1-3H3/b12-9-,21-18-,38-27-,39-29-,47-44-,56-53-. The molecule has 0 radical (unpaired) electrons. The molecule has 0 aromatic rings. The Kier molecular flexibility index (Phi) is 58.7. The lowest BCUT2D eigenvalue weighted by Crippen LogP contribution is -2.30. The van der Waals surface area contributed by atoms with Gasteiger partial charge in [0.05, 0.1) is 6.42 Å². The third-order valence-corrected chi connectivity index (χ3v) is 13.7. The van der Waals surface area contributed by atoms with E-state index in [0.29, 0.717) is 12.8 Å². The van der Waals surface area contributed by atoms with E-state index in [1.54, 1.807) is 6.08 Å². The maximum absolute atomic E-state index is 12.9. The van der Waals surface area contributed by atoms with Gasteiger partial charge in [-0.05, 0) is 70.6 Å². The second-order valence-corrected chi connectivity index (χ2v) is 21.0. The Morgan fingerprint density at radius 1 is 0.301 bits per heavy atom. The molecule has 0 aliphatic heterocycles. The Bertz CT molecular complexity index is 1360. The van der Waals surface area contributed by atoms with Crippen LogP contribution in [0, 0.1) is 0 Å². The van der Waals surface area contributed by atoms with Crippen molar-refractivity contribution in [2.75, 3.05) is 13.2 Å². The van der Waals surface area contributed by atoms with E-state index in [-0.39, 0.29) is 31.6 Å². The largest absolute Gasteiger partial charge is 0.462 e. The van der Waals surface area contributed by atoms with Crippen LogP contribution < -0.4 is 0 Å². The first-order chi connectivity index (χ1) is 36.0. The zero-order valence-corrected chi connectivity index (χ0v) is 48.4. The Labute approximate surface area is 453 Å². The number of carbonyl (C=O) groups is 3. The third kappa shape index (κ3) is 59.6. The quantitative estimate of drug-likeness (QED) is 0.0261. The van der Waals surface area contributed by atoms with Crippen molar-refractivity contribution >= 4 is 17.9 Å². The Morgan fingerprint density at radius 3 is 0.945 bits per heavy atom. The van der Waals surface area contributed by atoms with Crippen molar-refractivity contribution in [1.82, 2.24) is 0 Å². The van der Waals surface area contributed by atoms with Crippen molar-refractivity contribution in [1.29, 1.82) is 0 Å². The van der Waals surface area contributed by atoms with Gasteiger partial charge in [0, 0.05) is 12.8 Å². The van der Waals surface area contributed by atoms with Crippen LogP contribution in [0.1, 0.15) is 316 Å². The maximum Gasteiger partial charge on any atom is 0.309 e. The van der Waals surface area contributed by atoms with E-state index in [2.05, 4.69) is 81.5 Å². The summed E-state index contributed by atoms with van der Waals surface area (Å²) in [6.45, 7) is 6.47. The fourth-order valence-corrected chi connectivity index (χ4v) is 9.04. The number of esters is 3. The summed E-state index contributed by atoms with van der Waals surface area (Å²) in [4.78, 5) is 38.2. The number of allylic oxidation sites excluding steroid dienone is 11. The van der Waals surface area contributed by atoms with Crippen molar-refractivity contribution in [3.05, 3.63) is 72.9 Å². The zero-order valence-electron chi connectivity index (χ0n) is 48.4. The summed E-state index contributed by atoms with van der Waals surface area (Å²) < 4.78 is 16.8.